The first kappa shape index (κ1) is 8.02. The van der Waals surface area contributed by atoms with E-state index in [4.69, 9.17) is 0 Å². The van der Waals surface area contributed by atoms with Gasteiger partial charge in [-0.3, -0.25) is 0 Å². The second-order valence-corrected chi connectivity index (χ2v) is 4.26. The van der Waals surface area contributed by atoms with Gasteiger partial charge in [0.05, 0.1) is 0 Å². The number of hydrogen-bond donors (Lipinski definition) is 0. The van der Waals surface area contributed by atoms with E-state index < -0.39 is 0 Å². The van der Waals surface area contributed by atoms with Gasteiger partial charge >= 0.3 is 0 Å². The molecule has 1 heterocycles. The highest BCUT2D eigenvalue weighted by Crippen LogP contribution is 2.30. The van der Waals surface area contributed by atoms with E-state index in [1.54, 1.807) is 11.3 Å². The maximum Gasteiger partial charge on any atom is 0.0354 e. The molecule has 0 bridgehead atoms. The van der Waals surface area contributed by atoms with Crippen LogP contribution in [0.2, 0.25) is 0 Å². The van der Waals surface area contributed by atoms with Crippen LogP contribution in [-0.2, 0) is 0 Å². The van der Waals surface area contributed by atoms with Gasteiger partial charge in [0.2, 0.25) is 0 Å². The monoisotopic (exact) mass is 238 g/mol. The first-order valence-corrected chi connectivity index (χ1v) is 5.33. The SMILES string of the molecule is Brc1ccccc1-c1cccs1. The molecule has 0 unspecified atom stereocenters. The van der Waals surface area contributed by atoms with Crippen molar-refractivity contribution in [3.8, 4) is 10.4 Å². The van der Waals surface area contributed by atoms with Crippen LogP contribution in [-0.4, -0.2) is 0 Å². The highest BCUT2D eigenvalue weighted by Gasteiger charge is 2.00. The molecule has 1 aromatic carbocycles. The molecule has 2 rings (SSSR count). The third kappa shape index (κ3) is 1.45. The van der Waals surface area contributed by atoms with E-state index in [0.29, 0.717) is 0 Å². The van der Waals surface area contributed by atoms with Crippen LogP contribution in [0, 0.1) is 0 Å². The maximum absolute atomic E-state index is 3.52. The van der Waals surface area contributed by atoms with Crippen molar-refractivity contribution in [1.82, 2.24) is 0 Å². The predicted octanol–water partition coefficient (Wildman–Crippen LogP) is 4.18. The standard InChI is InChI=1S/C10H7BrS/c11-9-5-2-1-4-8(9)10-6-3-7-12-10/h1-7H. The average Bonchev–Trinajstić information content (AvgIpc) is 2.57. The maximum atomic E-state index is 3.52. The molecule has 60 valence electrons. The quantitative estimate of drug-likeness (QED) is 0.700. The molecule has 0 aliphatic heterocycles. The lowest BCUT2D eigenvalue weighted by Gasteiger charge is -1.98. The van der Waals surface area contributed by atoms with E-state index in [0.717, 1.165) is 4.47 Å². The largest absolute Gasteiger partial charge is 0.144 e. The van der Waals surface area contributed by atoms with E-state index in [1.165, 1.54) is 10.4 Å². The van der Waals surface area contributed by atoms with Crippen LogP contribution in [0.15, 0.2) is 46.3 Å². The fraction of sp³-hybridized carbons (Fsp3) is 0. The summed E-state index contributed by atoms with van der Waals surface area (Å²) in [6, 6.07) is 12.5. The summed E-state index contributed by atoms with van der Waals surface area (Å²) in [5, 5.41) is 2.09. The Morgan fingerprint density at radius 2 is 1.83 bits per heavy atom. The van der Waals surface area contributed by atoms with E-state index >= 15 is 0 Å². The zero-order chi connectivity index (χ0) is 8.39. The fourth-order valence-corrected chi connectivity index (χ4v) is 2.49. The summed E-state index contributed by atoms with van der Waals surface area (Å²) in [4.78, 5) is 1.31. The number of rotatable bonds is 1. The Hall–Kier alpha value is -0.600. The molecule has 0 aliphatic rings. The van der Waals surface area contributed by atoms with E-state index in [-0.39, 0.29) is 0 Å². The minimum atomic E-state index is 1.16. The van der Waals surface area contributed by atoms with Crippen molar-refractivity contribution in [3.63, 3.8) is 0 Å². The first-order valence-electron chi connectivity index (χ1n) is 3.66. The summed E-state index contributed by atoms with van der Waals surface area (Å²) >= 11 is 5.28. The molecule has 0 nitrogen and oxygen atoms in total. The Bertz CT molecular complexity index is 365. The third-order valence-electron chi connectivity index (χ3n) is 1.66. The lowest BCUT2D eigenvalue weighted by molar-refractivity contribution is 1.64. The van der Waals surface area contributed by atoms with Crippen LogP contribution in [0.25, 0.3) is 10.4 Å². The normalized spacial score (nSPS) is 10.1. The zero-order valence-electron chi connectivity index (χ0n) is 6.33. The summed E-state index contributed by atoms with van der Waals surface area (Å²) in [5.41, 5.74) is 1.27. The average molecular weight is 239 g/mol. The molecule has 0 fully saturated rings. The molecule has 2 aromatic rings. The van der Waals surface area contributed by atoms with Gasteiger partial charge < -0.3 is 0 Å². The molecule has 2 heteroatoms. The van der Waals surface area contributed by atoms with Gasteiger partial charge in [-0.2, -0.15) is 0 Å². The Balaban J connectivity index is 2.55. The molecule has 1 aromatic heterocycles. The molecule has 0 radical (unpaired) electrons. The molecule has 0 aliphatic carbocycles. The second kappa shape index (κ2) is 3.42. The lowest BCUT2D eigenvalue weighted by Crippen LogP contribution is -1.72. The van der Waals surface area contributed by atoms with Gasteiger partial charge in [-0.1, -0.05) is 40.2 Å². The molecule has 0 amide bonds. The molecule has 0 saturated heterocycles. The van der Waals surface area contributed by atoms with Gasteiger partial charge in [0.15, 0.2) is 0 Å². The van der Waals surface area contributed by atoms with Crippen LogP contribution in [0.4, 0.5) is 0 Å². The topological polar surface area (TPSA) is 0 Å². The van der Waals surface area contributed by atoms with E-state index in [2.05, 4.69) is 51.6 Å². The molecule has 0 atom stereocenters. The van der Waals surface area contributed by atoms with Crippen LogP contribution in [0.5, 0.6) is 0 Å². The lowest BCUT2D eigenvalue weighted by atomic mass is 10.2. The van der Waals surface area contributed by atoms with Gasteiger partial charge in [0.25, 0.3) is 0 Å². The van der Waals surface area contributed by atoms with Crippen molar-refractivity contribution >= 4 is 27.3 Å². The summed E-state index contributed by atoms with van der Waals surface area (Å²) in [5.74, 6) is 0. The minimum absolute atomic E-state index is 1.16. The Kier molecular flexibility index (Phi) is 2.28. The summed E-state index contributed by atoms with van der Waals surface area (Å²) in [7, 11) is 0. The first-order chi connectivity index (χ1) is 5.88. The van der Waals surface area contributed by atoms with Crippen molar-refractivity contribution in [2.75, 3.05) is 0 Å². The number of thiophene rings is 1. The molecule has 0 N–H and O–H groups in total. The van der Waals surface area contributed by atoms with E-state index in [9.17, 15) is 0 Å². The Morgan fingerprint density at radius 1 is 1.00 bits per heavy atom. The summed E-state index contributed by atoms with van der Waals surface area (Å²) < 4.78 is 1.16. The highest BCUT2D eigenvalue weighted by molar-refractivity contribution is 9.10. The third-order valence-corrected chi connectivity index (χ3v) is 3.26. The molecule has 0 spiro atoms. The number of benzene rings is 1. The van der Waals surface area contributed by atoms with Crippen LogP contribution in [0.3, 0.4) is 0 Å². The predicted molar refractivity (Wildman–Crippen MR) is 57.5 cm³/mol. The van der Waals surface area contributed by atoms with Gasteiger partial charge in [-0.05, 0) is 17.5 Å². The van der Waals surface area contributed by atoms with Gasteiger partial charge in [-0.25, -0.2) is 0 Å². The van der Waals surface area contributed by atoms with Crippen molar-refractivity contribution < 1.29 is 0 Å². The molecular weight excluding hydrogens is 232 g/mol. The van der Waals surface area contributed by atoms with Crippen molar-refractivity contribution in [1.29, 1.82) is 0 Å². The molecule has 12 heavy (non-hydrogen) atoms. The van der Waals surface area contributed by atoms with Crippen molar-refractivity contribution in [2.45, 2.75) is 0 Å². The van der Waals surface area contributed by atoms with Crippen LogP contribution >= 0.6 is 27.3 Å². The molecule has 0 saturated carbocycles. The Labute approximate surface area is 84.0 Å². The van der Waals surface area contributed by atoms with Gasteiger partial charge in [-0.15, -0.1) is 11.3 Å². The smallest absolute Gasteiger partial charge is 0.0354 e. The fourth-order valence-electron chi connectivity index (χ4n) is 1.09. The van der Waals surface area contributed by atoms with Crippen molar-refractivity contribution in [3.05, 3.63) is 46.3 Å². The summed E-state index contributed by atoms with van der Waals surface area (Å²) in [6.45, 7) is 0. The van der Waals surface area contributed by atoms with E-state index in [1.807, 2.05) is 6.07 Å². The Morgan fingerprint density at radius 3 is 2.50 bits per heavy atom. The minimum Gasteiger partial charge on any atom is -0.144 e. The second-order valence-electron chi connectivity index (χ2n) is 2.46. The van der Waals surface area contributed by atoms with Crippen LogP contribution in [0.1, 0.15) is 0 Å². The number of halogens is 1. The zero-order valence-corrected chi connectivity index (χ0v) is 8.73. The highest BCUT2D eigenvalue weighted by atomic mass is 79.9. The van der Waals surface area contributed by atoms with Crippen molar-refractivity contribution in [2.24, 2.45) is 0 Å². The van der Waals surface area contributed by atoms with Gasteiger partial charge in [0, 0.05) is 14.9 Å². The van der Waals surface area contributed by atoms with Crippen LogP contribution < -0.4 is 0 Å². The molecular formula is C10H7BrS. The summed E-state index contributed by atoms with van der Waals surface area (Å²) in [6.07, 6.45) is 0. The number of hydrogen-bond acceptors (Lipinski definition) is 1. The van der Waals surface area contributed by atoms with Gasteiger partial charge in [0.1, 0.15) is 0 Å².